The van der Waals surface area contributed by atoms with Crippen LogP contribution in [0.2, 0.25) is 0 Å². The molecule has 2 aromatic rings. The summed E-state index contributed by atoms with van der Waals surface area (Å²) >= 11 is 0. The molecule has 0 aliphatic rings. The van der Waals surface area contributed by atoms with E-state index in [4.69, 9.17) is 0 Å². The average Bonchev–Trinajstić information content (AvgIpc) is 2.67. The predicted octanol–water partition coefficient (Wildman–Crippen LogP) is 3.10. The number of aromatic amines is 1. The number of hydrogen-bond donors (Lipinski definition) is 1. The van der Waals surface area contributed by atoms with E-state index in [1.54, 1.807) is 0 Å². The second-order valence-corrected chi connectivity index (χ2v) is 4.80. The van der Waals surface area contributed by atoms with Crippen molar-refractivity contribution in [3.8, 4) is 0 Å². The van der Waals surface area contributed by atoms with Gasteiger partial charge < -0.3 is 4.98 Å². The summed E-state index contributed by atoms with van der Waals surface area (Å²) in [6.07, 6.45) is 2.49. The van der Waals surface area contributed by atoms with E-state index in [2.05, 4.69) is 54.0 Å². The van der Waals surface area contributed by atoms with E-state index in [0.29, 0.717) is 0 Å². The second kappa shape index (κ2) is 5.32. The van der Waals surface area contributed by atoms with E-state index in [-0.39, 0.29) is 0 Å². The van der Waals surface area contributed by atoms with Gasteiger partial charge >= 0.3 is 0 Å². The van der Waals surface area contributed by atoms with Crippen molar-refractivity contribution >= 4 is 11.0 Å². The van der Waals surface area contributed by atoms with Crippen LogP contribution in [0.1, 0.15) is 31.2 Å². The molecule has 92 valence electrons. The Kier molecular flexibility index (Phi) is 3.79. The molecular weight excluding hydrogens is 210 g/mol. The summed E-state index contributed by atoms with van der Waals surface area (Å²) in [5.74, 6) is 1.06. The molecule has 0 radical (unpaired) electrons. The van der Waals surface area contributed by atoms with Crippen molar-refractivity contribution in [3.63, 3.8) is 0 Å². The maximum atomic E-state index is 4.60. The minimum Gasteiger partial charge on any atom is -0.341 e. The highest BCUT2D eigenvalue weighted by atomic mass is 15.1. The number of benzene rings is 1. The number of rotatable bonds is 5. The largest absolute Gasteiger partial charge is 0.341 e. The van der Waals surface area contributed by atoms with Gasteiger partial charge in [0.25, 0.3) is 0 Å². The Morgan fingerprint density at radius 1 is 1.35 bits per heavy atom. The molecule has 0 amide bonds. The van der Waals surface area contributed by atoms with Crippen LogP contribution < -0.4 is 0 Å². The summed E-state index contributed by atoms with van der Waals surface area (Å²) in [5.41, 5.74) is 3.48. The van der Waals surface area contributed by atoms with Crippen LogP contribution >= 0.6 is 0 Å². The SMILES string of the molecule is CCCCN(C)Cc1nc2ccc(C)cc2[nH]1. The fraction of sp³-hybridized carbons (Fsp3) is 0.500. The van der Waals surface area contributed by atoms with Crippen molar-refractivity contribution in [3.05, 3.63) is 29.6 Å². The van der Waals surface area contributed by atoms with Crippen molar-refractivity contribution in [2.45, 2.75) is 33.2 Å². The number of nitrogens with zero attached hydrogens (tertiary/aromatic N) is 2. The van der Waals surface area contributed by atoms with Gasteiger partial charge in [-0.05, 0) is 44.6 Å². The van der Waals surface area contributed by atoms with Crippen LogP contribution in [0.25, 0.3) is 11.0 Å². The molecule has 3 heteroatoms. The quantitative estimate of drug-likeness (QED) is 0.857. The van der Waals surface area contributed by atoms with Gasteiger partial charge in [-0.25, -0.2) is 4.98 Å². The number of hydrogen-bond acceptors (Lipinski definition) is 2. The van der Waals surface area contributed by atoms with Gasteiger partial charge in [-0.2, -0.15) is 0 Å². The zero-order valence-electron chi connectivity index (χ0n) is 11.0. The molecule has 1 heterocycles. The third kappa shape index (κ3) is 3.07. The molecule has 0 aliphatic heterocycles. The topological polar surface area (TPSA) is 31.9 Å². The summed E-state index contributed by atoms with van der Waals surface area (Å²) in [4.78, 5) is 10.3. The Bertz CT molecular complexity index is 487. The highest BCUT2D eigenvalue weighted by Gasteiger charge is 2.05. The minimum atomic E-state index is 0.897. The zero-order chi connectivity index (χ0) is 12.3. The van der Waals surface area contributed by atoms with E-state index in [9.17, 15) is 0 Å². The lowest BCUT2D eigenvalue weighted by Gasteiger charge is -2.13. The van der Waals surface area contributed by atoms with Crippen LogP contribution in [-0.4, -0.2) is 28.5 Å². The zero-order valence-corrected chi connectivity index (χ0v) is 11.0. The maximum Gasteiger partial charge on any atom is 0.121 e. The lowest BCUT2D eigenvalue weighted by Crippen LogP contribution is -2.19. The first-order valence-electron chi connectivity index (χ1n) is 6.33. The van der Waals surface area contributed by atoms with Gasteiger partial charge in [-0.3, -0.25) is 4.90 Å². The molecule has 1 aromatic carbocycles. The van der Waals surface area contributed by atoms with Gasteiger partial charge in [0.1, 0.15) is 5.82 Å². The van der Waals surface area contributed by atoms with Gasteiger partial charge in [0.05, 0.1) is 17.6 Å². The van der Waals surface area contributed by atoms with Gasteiger partial charge in [-0.1, -0.05) is 19.4 Å². The van der Waals surface area contributed by atoms with Crippen LogP contribution in [0.3, 0.4) is 0 Å². The molecular formula is C14H21N3. The van der Waals surface area contributed by atoms with Gasteiger partial charge in [0.15, 0.2) is 0 Å². The Balaban J connectivity index is 2.08. The monoisotopic (exact) mass is 231 g/mol. The lowest BCUT2D eigenvalue weighted by molar-refractivity contribution is 0.314. The number of H-pyrrole nitrogens is 1. The van der Waals surface area contributed by atoms with E-state index < -0.39 is 0 Å². The van der Waals surface area contributed by atoms with Crippen molar-refractivity contribution in [2.24, 2.45) is 0 Å². The summed E-state index contributed by atoms with van der Waals surface area (Å²) in [6, 6.07) is 6.34. The summed E-state index contributed by atoms with van der Waals surface area (Å²) in [5, 5.41) is 0. The van der Waals surface area contributed by atoms with Crippen LogP contribution in [0.5, 0.6) is 0 Å². The van der Waals surface area contributed by atoms with Gasteiger partial charge in [0, 0.05) is 0 Å². The van der Waals surface area contributed by atoms with Gasteiger partial charge in [-0.15, -0.1) is 0 Å². The first kappa shape index (κ1) is 12.1. The van der Waals surface area contributed by atoms with Crippen LogP contribution in [0.4, 0.5) is 0 Å². The fourth-order valence-electron chi connectivity index (χ4n) is 2.01. The van der Waals surface area contributed by atoms with Crippen molar-refractivity contribution in [1.82, 2.24) is 14.9 Å². The molecule has 1 aromatic heterocycles. The molecule has 3 nitrogen and oxygen atoms in total. The maximum absolute atomic E-state index is 4.60. The summed E-state index contributed by atoms with van der Waals surface area (Å²) < 4.78 is 0. The standard InChI is InChI=1S/C14H21N3/c1-4-5-8-17(3)10-14-15-12-7-6-11(2)9-13(12)16-14/h6-7,9H,4-5,8,10H2,1-3H3,(H,15,16). The van der Waals surface area contributed by atoms with Crippen LogP contribution in [-0.2, 0) is 6.54 Å². The summed E-state index contributed by atoms with van der Waals surface area (Å²) in [6.45, 7) is 6.35. The first-order chi connectivity index (χ1) is 8.19. The smallest absolute Gasteiger partial charge is 0.121 e. The van der Waals surface area contributed by atoms with Crippen LogP contribution in [0, 0.1) is 6.92 Å². The molecule has 0 unspecified atom stereocenters. The average molecular weight is 231 g/mol. The van der Waals surface area contributed by atoms with Crippen LogP contribution in [0.15, 0.2) is 18.2 Å². The van der Waals surface area contributed by atoms with E-state index in [1.807, 2.05) is 0 Å². The molecule has 0 saturated carbocycles. The molecule has 0 spiro atoms. The third-order valence-electron chi connectivity index (χ3n) is 3.00. The Hall–Kier alpha value is -1.35. The normalized spacial score (nSPS) is 11.5. The van der Waals surface area contributed by atoms with Crippen molar-refractivity contribution in [2.75, 3.05) is 13.6 Å². The van der Waals surface area contributed by atoms with Gasteiger partial charge in [0.2, 0.25) is 0 Å². The Labute approximate surface area is 103 Å². The minimum absolute atomic E-state index is 0.897. The number of aromatic nitrogens is 2. The molecule has 17 heavy (non-hydrogen) atoms. The highest BCUT2D eigenvalue weighted by Crippen LogP contribution is 2.14. The Morgan fingerprint density at radius 2 is 2.18 bits per heavy atom. The van der Waals surface area contributed by atoms with Crippen molar-refractivity contribution in [1.29, 1.82) is 0 Å². The lowest BCUT2D eigenvalue weighted by atomic mass is 10.2. The molecule has 0 aliphatic carbocycles. The number of fused-ring (bicyclic) bond motifs is 1. The van der Waals surface area contributed by atoms with E-state index in [1.165, 1.54) is 18.4 Å². The second-order valence-electron chi connectivity index (χ2n) is 4.80. The number of unbranched alkanes of at least 4 members (excludes halogenated alkanes) is 1. The fourth-order valence-corrected chi connectivity index (χ4v) is 2.01. The first-order valence-corrected chi connectivity index (χ1v) is 6.33. The Morgan fingerprint density at radius 3 is 2.94 bits per heavy atom. The number of imidazole rings is 1. The molecule has 2 rings (SSSR count). The van der Waals surface area contributed by atoms with Crippen molar-refractivity contribution < 1.29 is 0 Å². The van der Waals surface area contributed by atoms with E-state index >= 15 is 0 Å². The molecule has 0 fully saturated rings. The number of nitrogens with one attached hydrogen (secondary N) is 1. The summed E-state index contributed by atoms with van der Waals surface area (Å²) in [7, 11) is 2.15. The number of aryl methyl sites for hydroxylation is 1. The molecule has 0 bridgehead atoms. The molecule has 1 N–H and O–H groups in total. The van der Waals surface area contributed by atoms with E-state index in [0.717, 1.165) is 29.9 Å². The molecule has 0 atom stereocenters. The third-order valence-corrected chi connectivity index (χ3v) is 3.00. The highest BCUT2D eigenvalue weighted by molar-refractivity contribution is 5.75. The molecule has 0 saturated heterocycles. The predicted molar refractivity (Wildman–Crippen MR) is 72.1 cm³/mol.